The molecule has 3 heterocycles. The first-order valence-electron chi connectivity index (χ1n) is 6.49. The van der Waals surface area contributed by atoms with Crippen molar-refractivity contribution in [1.82, 2.24) is 10.3 Å². The maximum absolute atomic E-state index is 12.2. The van der Waals surface area contributed by atoms with Crippen LogP contribution in [0, 0.1) is 13.8 Å². The highest BCUT2D eigenvalue weighted by Crippen LogP contribution is 2.29. The predicted octanol–water partition coefficient (Wildman–Crippen LogP) is 3.20. The van der Waals surface area contributed by atoms with Crippen LogP contribution in [0.1, 0.15) is 26.5 Å². The molecule has 0 spiro atoms. The molecule has 0 aromatic carbocycles. The number of carbonyl (C=O) groups is 1. The zero-order valence-electron chi connectivity index (χ0n) is 11.6. The Bertz CT molecular complexity index is 845. The largest absolute Gasteiger partial charge is 0.347 e. The molecule has 0 aliphatic heterocycles. The molecule has 0 aliphatic rings. The minimum Gasteiger partial charge on any atom is -0.347 e. The molecule has 3 aromatic heterocycles. The van der Waals surface area contributed by atoms with Crippen LogP contribution in [0.15, 0.2) is 28.4 Å². The molecule has 0 aliphatic carbocycles. The van der Waals surface area contributed by atoms with Crippen LogP contribution in [0.25, 0.3) is 9.40 Å². The molecule has 4 nitrogen and oxygen atoms in total. The molecule has 2 N–H and O–H groups in total. The molecular weight excluding hydrogens is 304 g/mol. The molecule has 0 fully saturated rings. The molecule has 0 radical (unpaired) electrons. The van der Waals surface area contributed by atoms with Crippen LogP contribution in [0.5, 0.6) is 0 Å². The minimum absolute atomic E-state index is 0.136. The Kier molecular flexibility index (Phi) is 3.65. The Morgan fingerprint density at radius 3 is 2.81 bits per heavy atom. The van der Waals surface area contributed by atoms with Crippen LogP contribution < -0.4 is 10.9 Å². The van der Waals surface area contributed by atoms with E-state index in [1.165, 1.54) is 11.3 Å². The summed E-state index contributed by atoms with van der Waals surface area (Å²) in [6.07, 6.45) is 0. The SMILES string of the molecule is Cc1cc(C)c(CNC(=O)c2cc3sccc3s2)c(=O)[nH]1. The highest BCUT2D eigenvalue weighted by molar-refractivity contribution is 7.27. The van der Waals surface area contributed by atoms with Crippen LogP contribution in [-0.2, 0) is 6.54 Å². The van der Waals surface area contributed by atoms with E-state index >= 15 is 0 Å². The number of hydrogen-bond acceptors (Lipinski definition) is 4. The van der Waals surface area contributed by atoms with Gasteiger partial charge in [0.15, 0.2) is 0 Å². The minimum atomic E-state index is -0.139. The second kappa shape index (κ2) is 5.46. The van der Waals surface area contributed by atoms with E-state index < -0.39 is 0 Å². The monoisotopic (exact) mass is 318 g/mol. The maximum atomic E-state index is 12.2. The smallest absolute Gasteiger partial charge is 0.261 e. The van der Waals surface area contributed by atoms with Gasteiger partial charge in [-0.05, 0) is 43.0 Å². The van der Waals surface area contributed by atoms with Crippen molar-refractivity contribution in [3.05, 3.63) is 55.6 Å². The average Bonchev–Trinajstić information content (AvgIpc) is 2.97. The van der Waals surface area contributed by atoms with Crippen LogP contribution in [0.3, 0.4) is 0 Å². The lowest BCUT2D eigenvalue weighted by Gasteiger charge is -2.07. The Morgan fingerprint density at radius 1 is 1.29 bits per heavy atom. The van der Waals surface area contributed by atoms with Gasteiger partial charge >= 0.3 is 0 Å². The lowest BCUT2D eigenvalue weighted by atomic mass is 10.1. The van der Waals surface area contributed by atoms with Gasteiger partial charge in [-0.1, -0.05) is 0 Å². The number of carbonyl (C=O) groups excluding carboxylic acids is 1. The molecule has 6 heteroatoms. The lowest BCUT2D eigenvalue weighted by Crippen LogP contribution is -2.27. The van der Waals surface area contributed by atoms with Crippen molar-refractivity contribution in [3.8, 4) is 0 Å². The molecule has 0 bridgehead atoms. The number of rotatable bonds is 3. The highest BCUT2D eigenvalue weighted by atomic mass is 32.1. The summed E-state index contributed by atoms with van der Waals surface area (Å²) >= 11 is 3.09. The fraction of sp³-hybridized carbons (Fsp3) is 0.200. The van der Waals surface area contributed by atoms with Crippen molar-refractivity contribution in [2.45, 2.75) is 20.4 Å². The lowest BCUT2D eigenvalue weighted by molar-refractivity contribution is 0.0955. The van der Waals surface area contributed by atoms with Gasteiger partial charge in [-0.2, -0.15) is 0 Å². The normalized spacial score (nSPS) is 11.0. The standard InChI is InChI=1S/C15H14N2O2S2/c1-8-5-9(2)17-14(18)10(8)7-16-15(19)13-6-12-11(21-13)3-4-20-12/h3-6H,7H2,1-2H3,(H,16,19)(H,17,18). The average molecular weight is 318 g/mol. The van der Waals surface area contributed by atoms with Crippen LogP contribution in [-0.4, -0.2) is 10.9 Å². The number of H-pyrrole nitrogens is 1. The summed E-state index contributed by atoms with van der Waals surface area (Å²) in [4.78, 5) is 27.5. The van der Waals surface area contributed by atoms with Gasteiger partial charge in [0.2, 0.25) is 0 Å². The van der Waals surface area contributed by atoms with Gasteiger partial charge in [-0.3, -0.25) is 9.59 Å². The van der Waals surface area contributed by atoms with Crippen LogP contribution in [0.4, 0.5) is 0 Å². The summed E-state index contributed by atoms with van der Waals surface area (Å²) in [5, 5.41) is 4.84. The first kappa shape index (κ1) is 14.0. The van der Waals surface area contributed by atoms with Gasteiger partial charge in [0.05, 0.1) is 4.88 Å². The molecule has 3 rings (SSSR count). The van der Waals surface area contributed by atoms with E-state index in [1.54, 1.807) is 11.3 Å². The van der Waals surface area contributed by atoms with E-state index in [9.17, 15) is 9.59 Å². The molecule has 21 heavy (non-hydrogen) atoms. The molecule has 0 saturated carbocycles. The first-order valence-corrected chi connectivity index (χ1v) is 8.19. The third-order valence-electron chi connectivity index (χ3n) is 3.28. The first-order chi connectivity index (χ1) is 10.0. The molecule has 0 saturated heterocycles. The number of fused-ring (bicyclic) bond motifs is 1. The topological polar surface area (TPSA) is 62.0 Å². The van der Waals surface area contributed by atoms with Crippen molar-refractivity contribution >= 4 is 38.0 Å². The third-order valence-corrected chi connectivity index (χ3v) is 5.37. The van der Waals surface area contributed by atoms with E-state index in [0.29, 0.717) is 10.4 Å². The Morgan fingerprint density at radius 2 is 2.10 bits per heavy atom. The number of aryl methyl sites for hydroxylation is 2. The zero-order chi connectivity index (χ0) is 15.0. The van der Waals surface area contributed by atoms with Crippen molar-refractivity contribution in [2.75, 3.05) is 0 Å². The number of nitrogens with one attached hydrogen (secondary N) is 2. The zero-order valence-corrected chi connectivity index (χ0v) is 13.3. The number of pyridine rings is 1. The molecule has 108 valence electrons. The van der Waals surface area contributed by atoms with Crippen molar-refractivity contribution in [2.24, 2.45) is 0 Å². The van der Waals surface area contributed by atoms with Gasteiger partial charge in [0.25, 0.3) is 11.5 Å². The Labute approximate surface area is 129 Å². The Hall–Kier alpha value is -1.92. The number of aromatic amines is 1. The summed E-state index contributed by atoms with van der Waals surface area (Å²) in [5.41, 5.74) is 2.18. The van der Waals surface area contributed by atoms with E-state index in [2.05, 4.69) is 10.3 Å². The molecule has 1 amide bonds. The summed E-state index contributed by atoms with van der Waals surface area (Å²) in [5.74, 6) is -0.136. The summed E-state index contributed by atoms with van der Waals surface area (Å²) < 4.78 is 2.24. The van der Waals surface area contributed by atoms with E-state index in [0.717, 1.165) is 20.7 Å². The second-order valence-electron chi connectivity index (χ2n) is 4.89. The number of hydrogen-bond donors (Lipinski definition) is 2. The van der Waals surface area contributed by atoms with Gasteiger partial charge in [-0.25, -0.2) is 0 Å². The van der Waals surface area contributed by atoms with Crippen LogP contribution in [0.2, 0.25) is 0 Å². The summed E-state index contributed by atoms with van der Waals surface area (Å²) in [7, 11) is 0. The fourth-order valence-corrected chi connectivity index (χ4v) is 4.26. The van der Waals surface area contributed by atoms with E-state index in [-0.39, 0.29) is 18.0 Å². The van der Waals surface area contributed by atoms with Gasteiger partial charge in [0, 0.05) is 27.2 Å². The number of aromatic nitrogens is 1. The highest BCUT2D eigenvalue weighted by Gasteiger charge is 2.12. The van der Waals surface area contributed by atoms with Crippen molar-refractivity contribution in [3.63, 3.8) is 0 Å². The maximum Gasteiger partial charge on any atom is 0.261 e. The number of amides is 1. The van der Waals surface area contributed by atoms with E-state index in [4.69, 9.17) is 0 Å². The van der Waals surface area contributed by atoms with Crippen LogP contribution >= 0.6 is 22.7 Å². The quantitative estimate of drug-likeness (QED) is 0.779. The van der Waals surface area contributed by atoms with E-state index in [1.807, 2.05) is 37.4 Å². The molecular formula is C15H14N2O2S2. The fourth-order valence-electron chi connectivity index (χ4n) is 2.23. The summed E-state index contributed by atoms with van der Waals surface area (Å²) in [6, 6.07) is 5.81. The number of thiophene rings is 2. The Balaban J connectivity index is 1.77. The van der Waals surface area contributed by atoms with Crippen molar-refractivity contribution < 1.29 is 4.79 Å². The predicted molar refractivity (Wildman–Crippen MR) is 87.4 cm³/mol. The second-order valence-corrected chi connectivity index (χ2v) is 6.92. The summed E-state index contributed by atoms with van der Waals surface area (Å²) in [6.45, 7) is 3.96. The van der Waals surface area contributed by atoms with Gasteiger partial charge < -0.3 is 10.3 Å². The molecule has 3 aromatic rings. The van der Waals surface area contributed by atoms with Gasteiger partial charge in [-0.15, -0.1) is 22.7 Å². The van der Waals surface area contributed by atoms with Gasteiger partial charge in [0.1, 0.15) is 0 Å². The van der Waals surface area contributed by atoms with Crippen molar-refractivity contribution in [1.29, 1.82) is 0 Å². The molecule has 0 unspecified atom stereocenters. The third kappa shape index (κ3) is 2.77. The molecule has 0 atom stereocenters.